The first-order valence-electron chi connectivity index (χ1n) is 4.44. The molecule has 0 saturated heterocycles. The summed E-state index contributed by atoms with van der Waals surface area (Å²) in [5, 5.41) is 6.70. The lowest BCUT2D eigenvalue weighted by Crippen LogP contribution is -2.56. The van der Waals surface area contributed by atoms with Crippen molar-refractivity contribution in [2.45, 2.75) is 25.8 Å². The van der Waals surface area contributed by atoms with E-state index in [2.05, 4.69) is 35.7 Å². The van der Waals surface area contributed by atoms with E-state index in [1.165, 1.54) is 0 Å². The summed E-state index contributed by atoms with van der Waals surface area (Å²) in [6.07, 6.45) is 4.10. The van der Waals surface area contributed by atoms with Gasteiger partial charge in [0.15, 0.2) is 4.99 Å². The van der Waals surface area contributed by atoms with Gasteiger partial charge < -0.3 is 10.6 Å². The van der Waals surface area contributed by atoms with Gasteiger partial charge in [-0.2, -0.15) is 0 Å². The quantitative estimate of drug-likeness (QED) is 0.708. The molecule has 1 rings (SSSR count). The van der Waals surface area contributed by atoms with E-state index in [-0.39, 0.29) is 4.99 Å². The highest BCUT2D eigenvalue weighted by Gasteiger charge is 2.26. The van der Waals surface area contributed by atoms with E-state index >= 15 is 0 Å². The fraction of sp³-hybridized carbons (Fsp3) is 0.667. The minimum Gasteiger partial charge on any atom is -0.358 e. The summed E-state index contributed by atoms with van der Waals surface area (Å²) in [6, 6.07) is 0. The zero-order valence-corrected chi connectivity index (χ0v) is 9.46. The first kappa shape index (κ1) is 10.4. The van der Waals surface area contributed by atoms with Gasteiger partial charge in [-0.1, -0.05) is 0 Å². The van der Waals surface area contributed by atoms with Gasteiger partial charge in [-0.15, -0.1) is 11.8 Å². The molecule has 0 aromatic rings. The summed E-state index contributed by atoms with van der Waals surface area (Å²) < 4.78 is 0. The molecule has 0 radical (unpaired) electrons. The molecule has 1 heterocycles. The standard InChI is InChI=1S/C9H17N3S/c1-5-10-8-6-7(2)11-9(3,12-8)13-4/h6,11H,5H2,1-4H3,(H,10,12). The molecule has 2 N–H and O–H groups in total. The Morgan fingerprint density at radius 2 is 2.23 bits per heavy atom. The van der Waals surface area contributed by atoms with Crippen molar-refractivity contribution in [3.8, 4) is 0 Å². The van der Waals surface area contributed by atoms with Crippen molar-refractivity contribution in [3.05, 3.63) is 11.8 Å². The zero-order chi connectivity index (χ0) is 9.90. The minimum absolute atomic E-state index is 0.118. The van der Waals surface area contributed by atoms with Crippen molar-refractivity contribution in [2.75, 3.05) is 12.8 Å². The van der Waals surface area contributed by atoms with E-state index < -0.39 is 0 Å². The fourth-order valence-electron chi connectivity index (χ4n) is 1.29. The molecule has 0 aromatic heterocycles. The van der Waals surface area contributed by atoms with Gasteiger partial charge in [0.1, 0.15) is 5.84 Å². The maximum absolute atomic E-state index is 4.35. The third-order valence-electron chi connectivity index (χ3n) is 1.89. The molecule has 0 fully saturated rings. The summed E-state index contributed by atoms with van der Waals surface area (Å²) in [7, 11) is 0. The molecule has 0 spiro atoms. The number of thioether (sulfide) groups is 1. The van der Waals surface area contributed by atoms with Crippen molar-refractivity contribution in [1.29, 1.82) is 0 Å². The lowest BCUT2D eigenvalue weighted by molar-refractivity contribution is 0.515. The van der Waals surface area contributed by atoms with Crippen LogP contribution in [0.25, 0.3) is 0 Å². The molecule has 13 heavy (non-hydrogen) atoms. The normalized spacial score (nSPS) is 30.8. The van der Waals surface area contributed by atoms with Gasteiger partial charge in [-0.05, 0) is 33.1 Å². The number of hydrogen-bond acceptors (Lipinski definition) is 3. The summed E-state index contributed by atoms with van der Waals surface area (Å²) in [5.41, 5.74) is 1.16. The largest absolute Gasteiger partial charge is 0.358 e. The van der Waals surface area contributed by atoms with E-state index in [0.717, 1.165) is 18.1 Å². The van der Waals surface area contributed by atoms with Gasteiger partial charge in [0.2, 0.25) is 0 Å². The number of rotatable bonds is 2. The smallest absolute Gasteiger partial charge is 0.154 e. The maximum Gasteiger partial charge on any atom is 0.154 e. The van der Waals surface area contributed by atoms with Gasteiger partial charge in [0, 0.05) is 12.2 Å². The number of amidine groups is 1. The molecule has 0 aliphatic carbocycles. The van der Waals surface area contributed by atoms with Crippen LogP contribution in [0.1, 0.15) is 20.8 Å². The van der Waals surface area contributed by atoms with Gasteiger partial charge in [0.25, 0.3) is 0 Å². The van der Waals surface area contributed by atoms with E-state index in [4.69, 9.17) is 0 Å². The number of nitrogens with one attached hydrogen (secondary N) is 2. The van der Waals surface area contributed by atoms with Crippen molar-refractivity contribution < 1.29 is 0 Å². The predicted molar refractivity (Wildman–Crippen MR) is 59.9 cm³/mol. The molecule has 1 atom stereocenters. The first-order chi connectivity index (χ1) is 6.09. The van der Waals surface area contributed by atoms with Gasteiger partial charge in [-0.25, -0.2) is 0 Å². The Kier molecular flexibility index (Phi) is 3.25. The Morgan fingerprint density at radius 1 is 1.54 bits per heavy atom. The molecular formula is C9H17N3S. The summed E-state index contributed by atoms with van der Waals surface area (Å²) in [6.45, 7) is 7.02. The van der Waals surface area contributed by atoms with Crippen LogP contribution in [-0.4, -0.2) is 23.6 Å². The molecule has 4 heteroatoms. The molecule has 3 nitrogen and oxygen atoms in total. The average molecular weight is 199 g/mol. The van der Waals surface area contributed by atoms with Crippen LogP contribution in [-0.2, 0) is 0 Å². The van der Waals surface area contributed by atoms with Crippen LogP contribution in [0.5, 0.6) is 0 Å². The third kappa shape index (κ3) is 2.66. The van der Waals surface area contributed by atoms with Crippen LogP contribution in [0.4, 0.5) is 0 Å². The molecule has 0 amide bonds. The van der Waals surface area contributed by atoms with Gasteiger partial charge in [0.05, 0.1) is 0 Å². The number of allylic oxidation sites excluding steroid dienone is 1. The molecule has 74 valence electrons. The zero-order valence-electron chi connectivity index (χ0n) is 8.64. The molecule has 0 bridgehead atoms. The van der Waals surface area contributed by atoms with Gasteiger partial charge in [-0.3, -0.25) is 4.99 Å². The van der Waals surface area contributed by atoms with E-state index in [9.17, 15) is 0 Å². The monoisotopic (exact) mass is 199 g/mol. The van der Waals surface area contributed by atoms with Crippen LogP contribution in [0.3, 0.4) is 0 Å². The molecule has 0 aromatic carbocycles. The van der Waals surface area contributed by atoms with Crippen LogP contribution in [0, 0.1) is 0 Å². The topological polar surface area (TPSA) is 36.4 Å². The molecular weight excluding hydrogens is 182 g/mol. The minimum atomic E-state index is -0.118. The summed E-state index contributed by atoms with van der Waals surface area (Å²) in [4.78, 5) is 4.24. The molecule has 1 aliphatic heterocycles. The predicted octanol–water partition coefficient (Wildman–Crippen LogP) is 1.54. The Balaban J connectivity index is 2.83. The van der Waals surface area contributed by atoms with E-state index in [0.29, 0.717) is 0 Å². The maximum atomic E-state index is 4.35. The first-order valence-corrected chi connectivity index (χ1v) is 5.66. The highest BCUT2D eigenvalue weighted by atomic mass is 32.2. The second kappa shape index (κ2) is 4.05. The number of hydrogen-bond donors (Lipinski definition) is 2. The van der Waals surface area contributed by atoms with Gasteiger partial charge >= 0.3 is 0 Å². The second-order valence-electron chi connectivity index (χ2n) is 3.17. The van der Waals surface area contributed by atoms with Crippen LogP contribution in [0.2, 0.25) is 0 Å². The Hall–Kier alpha value is -0.640. The number of aliphatic imine (C=N–C) groups is 1. The van der Waals surface area contributed by atoms with Crippen molar-refractivity contribution in [3.63, 3.8) is 0 Å². The van der Waals surface area contributed by atoms with E-state index in [1.807, 2.05) is 13.0 Å². The van der Waals surface area contributed by atoms with Crippen LogP contribution >= 0.6 is 11.8 Å². The fourth-order valence-corrected chi connectivity index (χ4v) is 1.76. The molecule has 0 saturated carbocycles. The van der Waals surface area contributed by atoms with Crippen molar-refractivity contribution >= 4 is 17.6 Å². The Labute approximate surface area is 84.1 Å². The second-order valence-corrected chi connectivity index (χ2v) is 4.40. The lowest BCUT2D eigenvalue weighted by atomic mass is 10.3. The van der Waals surface area contributed by atoms with Crippen LogP contribution < -0.4 is 10.6 Å². The lowest BCUT2D eigenvalue weighted by Gasteiger charge is -2.35. The SMILES string of the molecule is CCN=C1C=C(C)NC(C)(SC)N1. The Morgan fingerprint density at radius 3 is 2.77 bits per heavy atom. The highest BCUT2D eigenvalue weighted by Crippen LogP contribution is 2.19. The molecule has 1 aliphatic rings. The van der Waals surface area contributed by atoms with Crippen LogP contribution in [0.15, 0.2) is 16.8 Å². The summed E-state index contributed by atoms with van der Waals surface area (Å²) >= 11 is 1.74. The van der Waals surface area contributed by atoms with E-state index in [1.54, 1.807) is 11.8 Å². The van der Waals surface area contributed by atoms with Crippen molar-refractivity contribution in [2.24, 2.45) is 4.99 Å². The third-order valence-corrected chi connectivity index (χ3v) is 2.91. The number of nitrogens with zero attached hydrogens (tertiary/aromatic N) is 1. The average Bonchev–Trinajstić information content (AvgIpc) is 2.03. The Bertz CT molecular complexity index is 247. The van der Waals surface area contributed by atoms with Crippen molar-refractivity contribution in [1.82, 2.24) is 10.6 Å². The molecule has 1 unspecified atom stereocenters. The summed E-state index contributed by atoms with van der Waals surface area (Å²) in [5.74, 6) is 0.968. The highest BCUT2D eigenvalue weighted by molar-refractivity contribution is 7.99.